The number of hydrogen-bond donors (Lipinski definition) is 1. The number of nitro groups is 1. The van der Waals surface area contributed by atoms with Crippen LogP contribution >= 0.6 is 11.3 Å². The number of benzene rings is 1. The second-order valence-electron chi connectivity index (χ2n) is 5.06. The highest BCUT2D eigenvalue weighted by Crippen LogP contribution is 2.36. The Bertz CT molecular complexity index is 683. The van der Waals surface area contributed by atoms with Gasteiger partial charge in [-0.3, -0.25) is 14.9 Å². The van der Waals surface area contributed by atoms with Crippen LogP contribution in [-0.2, 0) is 4.79 Å². The lowest BCUT2D eigenvalue weighted by Gasteiger charge is -2.24. The largest absolute Gasteiger partial charge is 0.480 e. The molecule has 1 aromatic heterocycles. The van der Waals surface area contributed by atoms with Gasteiger partial charge < -0.3 is 10.0 Å². The molecule has 0 bridgehead atoms. The summed E-state index contributed by atoms with van der Waals surface area (Å²) in [4.78, 5) is 27.5. The first-order valence-corrected chi connectivity index (χ1v) is 7.25. The number of aromatic nitrogens is 1. The summed E-state index contributed by atoms with van der Waals surface area (Å²) in [6.45, 7) is 4.00. The average Bonchev–Trinajstić information content (AvgIpc) is 2.83. The van der Waals surface area contributed by atoms with Crippen LogP contribution in [-0.4, -0.2) is 34.1 Å². The van der Waals surface area contributed by atoms with Gasteiger partial charge in [0.15, 0.2) is 5.52 Å². The summed E-state index contributed by atoms with van der Waals surface area (Å²) in [7, 11) is 0. The first-order valence-electron chi connectivity index (χ1n) is 6.37. The molecule has 0 aliphatic rings. The molecule has 112 valence electrons. The van der Waals surface area contributed by atoms with Crippen molar-refractivity contribution >= 4 is 38.9 Å². The van der Waals surface area contributed by atoms with Crippen LogP contribution in [0.1, 0.15) is 13.8 Å². The maximum absolute atomic E-state index is 11.4. The SMILES string of the molecule is CC(C)CN(CC(=O)O)c1ccc2scnc2c1[N+](=O)[O-]. The summed E-state index contributed by atoms with van der Waals surface area (Å²) >= 11 is 1.32. The predicted octanol–water partition coefficient (Wildman–Crippen LogP) is 2.75. The molecule has 8 heteroatoms. The normalized spacial score (nSPS) is 11.0. The van der Waals surface area contributed by atoms with E-state index >= 15 is 0 Å². The number of carboxylic acids is 1. The number of fused-ring (bicyclic) bond motifs is 1. The van der Waals surface area contributed by atoms with Crippen molar-refractivity contribution in [3.05, 3.63) is 27.8 Å². The molecule has 2 aromatic rings. The summed E-state index contributed by atoms with van der Waals surface area (Å²) < 4.78 is 0.713. The van der Waals surface area contributed by atoms with Crippen LogP contribution in [0.2, 0.25) is 0 Å². The third-order valence-electron chi connectivity index (χ3n) is 2.89. The minimum absolute atomic E-state index is 0.129. The van der Waals surface area contributed by atoms with E-state index in [4.69, 9.17) is 5.11 Å². The number of carbonyl (C=O) groups is 1. The molecule has 0 atom stereocenters. The zero-order chi connectivity index (χ0) is 15.6. The Morgan fingerprint density at radius 3 is 2.81 bits per heavy atom. The molecule has 0 spiro atoms. The maximum Gasteiger partial charge on any atom is 0.323 e. The van der Waals surface area contributed by atoms with Crippen LogP contribution in [0.3, 0.4) is 0 Å². The molecule has 7 nitrogen and oxygen atoms in total. The van der Waals surface area contributed by atoms with Gasteiger partial charge >= 0.3 is 11.7 Å². The first-order chi connectivity index (χ1) is 9.90. The van der Waals surface area contributed by atoms with Gasteiger partial charge in [0, 0.05) is 6.54 Å². The lowest BCUT2D eigenvalue weighted by molar-refractivity contribution is -0.382. The van der Waals surface area contributed by atoms with Crippen molar-refractivity contribution in [3.8, 4) is 0 Å². The van der Waals surface area contributed by atoms with Crippen molar-refractivity contribution in [2.75, 3.05) is 18.0 Å². The number of thiazole rings is 1. The zero-order valence-corrected chi connectivity index (χ0v) is 12.5. The van der Waals surface area contributed by atoms with Crippen LogP contribution in [0.15, 0.2) is 17.6 Å². The predicted molar refractivity (Wildman–Crippen MR) is 81.0 cm³/mol. The lowest BCUT2D eigenvalue weighted by Crippen LogP contribution is -2.33. The van der Waals surface area contributed by atoms with E-state index < -0.39 is 10.9 Å². The monoisotopic (exact) mass is 309 g/mol. The van der Waals surface area contributed by atoms with Crippen molar-refractivity contribution in [2.45, 2.75) is 13.8 Å². The Hall–Kier alpha value is -2.22. The highest BCUT2D eigenvalue weighted by molar-refractivity contribution is 7.16. The van der Waals surface area contributed by atoms with Crippen molar-refractivity contribution in [2.24, 2.45) is 5.92 Å². The van der Waals surface area contributed by atoms with Gasteiger partial charge in [-0.05, 0) is 18.1 Å². The van der Waals surface area contributed by atoms with E-state index in [9.17, 15) is 14.9 Å². The van der Waals surface area contributed by atoms with E-state index in [1.54, 1.807) is 17.6 Å². The standard InChI is InChI=1S/C13H15N3O4S/c1-8(2)5-15(6-11(17)18)9-3-4-10-12(14-7-21-10)13(9)16(19)20/h3-4,7-8H,5-6H2,1-2H3,(H,17,18). The molecule has 2 rings (SSSR count). The Morgan fingerprint density at radius 2 is 2.24 bits per heavy atom. The Labute approximate surface area is 125 Å². The molecule has 0 saturated carbocycles. The van der Waals surface area contributed by atoms with E-state index in [0.29, 0.717) is 22.4 Å². The molecule has 1 heterocycles. The van der Waals surface area contributed by atoms with E-state index in [2.05, 4.69) is 4.98 Å². The number of aliphatic carboxylic acids is 1. The second kappa shape index (κ2) is 6.04. The van der Waals surface area contributed by atoms with Crippen LogP contribution < -0.4 is 4.90 Å². The molecular weight excluding hydrogens is 294 g/mol. The molecule has 1 N–H and O–H groups in total. The smallest absolute Gasteiger partial charge is 0.323 e. The van der Waals surface area contributed by atoms with Crippen LogP contribution in [0.4, 0.5) is 11.4 Å². The van der Waals surface area contributed by atoms with Crippen LogP contribution in [0, 0.1) is 16.0 Å². The molecule has 0 saturated heterocycles. The summed E-state index contributed by atoms with van der Waals surface area (Å²) in [5.41, 5.74) is 2.03. The first kappa shape index (κ1) is 15.2. The molecule has 21 heavy (non-hydrogen) atoms. The number of hydrogen-bond acceptors (Lipinski definition) is 6. The van der Waals surface area contributed by atoms with Crippen molar-refractivity contribution in [3.63, 3.8) is 0 Å². The number of nitro benzene ring substituents is 1. The maximum atomic E-state index is 11.4. The topological polar surface area (TPSA) is 96.6 Å². The van der Waals surface area contributed by atoms with Gasteiger partial charge in [-0.15, -0.1) is 11.3 Å². The van der Waals surface area contributed by atoms with Crippen LogP contribution in [0.5, 0.6) is 0 Å². The summed E-state index contributed by atoms with van der Waals surface area (Å²) in [5, 5.41) is 20.4. The Morgan fingerprint density at radius 1 is 1.52 bits per heavy atom. The van der Waals surface area contributed by atoms with Crippen molar-refractivity contribution in [1.29, 1.82) is 0 Å². The number of carboxylic acid groups (broad SMARTS) is 1. The number of rotatable bonds is 6. The van der Waals surface area contributed by atoms with Gasteiger partial charge in [0.1, 0.15) is 12.2 Å². The van der Waals surface area contributed by atoms with Gasteiger partial charge in [-0.1, -0.05) is 13.8 Å². The number of nitrogens with zero attached hydrogens (tertiary/aromatic N) is 3. The molecular formula is C13H15N3O4S. The Balaban J connectivity index is 2.57. The molecule has 0 fully saturated rings. The van der Waals surface area contributed by atoms with Gasteiger partial charge in [0.05, 0.1) is 15.1 Å². The third kappa shape index (κ3) is 3.27. The molecule has 1 aromatic carbocycles. The van der Waals surface area contributed by atoms with E-state index in [1.165, 1.54) is 16.2 Å². The quantitative estimate of drug-likeness (QED) is 0.651. The minimum Gasteiger partial charge on any atom is -0.480 e. The number of anilines is 1. The van der Waals surface area contributed by atoms with Gasteiger partial charge in [-0.25, -0.2) is 4.98 Å². The molecule has 0 aliphatic heterocycles. The van der Waals surface area contributed by atoms with Crippen LogP contribution in [0.25, 0.3) is 10.2 Å². The fourth-order valence-corrected chi connectivity index (χ4v) is 2.87. The average molecular weight is 309 g/mol. The van der Waals surface area contributed by atoms with E-state index in [0.717, 1.165) is 0 Å². The van der Waals surface area contributed by atoms with Crippen molar-refractivity contribution in [1.82, 2.24) is 4.98 Å². The molecule has 0 radical (unpaired) electrons. The lowest BCUT2D eigenvalue weighted by atomic mass is 10.1. The van der Waals surface area contributed by atoms with E-state index in [-0.39, 0.29) is 18.2 Å². The third-order valence-corrected chi connectivity index (χ3v) is 3.68. The van der Waals surface area contributed by atoms with Crippen molar-refractivity contribution < 1.29 is 14.8 Å². The molecule has 0 aliphatic carbocycles. The Kier molecular flexibility index (Phi) is 4.37. The summed E-state index contributed by atoms with van der Waals surface area (Å²) in [6.07, 6.45) is 0. The summed E-state index contributed by atoms with van der Waals surface area (Å²) in [6, 6.07) is 3.34. The van der Waals surface area contributed by atoms with Gasteiger partial charge in [0.2, 0.25) is 0 Å². The molecule has 0 unspecified atom stereocenters. The van der Waals surface area contributed by atoms with E-state index in [1.807, 2.05) is 13.8 Å². The second-order valence-corrected chi connectivity index (χ2v) is 5.94. The fraction of sp³-hybridized carbons (Fsp3) is 0.385. The van der Waals surface area contributed by atoms with Gasteiger partial charge in [-0.2, -0.15) is 0 Å². The minimum atomic E-state index is -1.02. The van der Waals surface area contributed by atoms with Gasteiger partial charge in [0.25, 0.3) is 0 Å². The highest BCUT2D eigenvalue weighted by atomic mass is 32.1. The molecule has 0 amide bonds. The summed E-state index contributed by atoms with van der Waals surface area (Å²) in [5.74, 6) is -0.849. The zero-order valence-electron chi connectivity index (χ0n) is 11.6. The fourth-order valence-electron chi connectivity index (χ4n) is 2.19. The highest BCUT2D eigenvalue weighted by Gasteiger charge is 2.26.